The highest BCUT2D eigenvalue weighted by Gasteiger charge is 2.20. The van der Waals surface area contributed by atoms with Crippen LogP contribution in [0.1, 0.15) is 24.8 Å². The lowest BCUT2D eigenvalue weighted by molar-refractivity contribution is 0.0913. The van der Waals surface area contributed by atoms with Gasteiger partial charge in [0.25, 0.3) is 0 Å². The first-order valence-corrected chi connectivity index (χ1v) is 6.29. The van der Waals surface area contributed by atoms with Crippen molar-refractivity contribution < 1.29 is 5.11 Å². The van der Waals surface area contributed by atoms with Crippen molar-refractivity contribution in [1.29, 1.82) is 0 Å². The molecule has 1 atom stereocenters. The third kappa shape index (κ3) is 3.06. The van der Waals surface area contributed by atoms with Crippen molar-refractivity contribution in [1.82, 2.24) is 4.90 Å². The summed E-state index contributed by atoms with van der Waals surface area (Å²) in [4.78, 5) is 2.44. The highest BCUT2D eigenvalue weighted by Crippen LogP contribution is 2.16. The summed E-state index contributed by atoms with van der Waals surface area (Å²) < 4.78 is 0. The second-order valence-electron chi connectivity index (χ2n) is 4.60. The second kappa shape index (κ2) is 6.02. The fourth-order valence-electron chi connectivity index (χ4n) is 2.48. The molecule has 16 heavy (non-hydrogen) atoms. The molecule has 0 amide bonds. The van der Waals surface area contributed by atoms with Gasteiger partial charge in [0.2, 0.25) is 0 Å². The molecule has 1 saturated heterocycles. The van der Waals surface area contributed by atoms with Crippen LogP contribution in [0.5, 0.6) is 0 Å². The fraction of sp³-hybridized carbons (Fsp3) is 0.571. The van der Waals surface area contributed by atoms with Gasteiger partial charge < -0.3 is 5.11 Å². The van der Waals surface area contributed by atoms with Crippen LogP contribution in [0.3, 0.4) is 0 Å². The number of nitrogens with zero attached hydrogens (tertiary/aromatic N) is 1. The van der Waals surface area contributed by atoms with E-state index in [0.29, 0.717) is 12.6 Å². The number of aliphatic hydroxyl groups is 1. The molecule has 1 N–H and O–H groups in total. The van der Waals surface area contributed by atoms with Gasteiger partial charge in [-0.15, -0.1) is 0 Å². The minimum absolute atomic E-state index is 0.314. The minimum Gasteiger partial charge on any atom is -0.395 e. The fourth-order valence-corrected chi connectivity index (χ4v) is 2.48. The Morgan fingerprint density at radius 3 is 2.75 bits per heavy atom. The number of likely N-dealkylation sites (tertiary alicyclic amines) is 1. The lowest BCUT2D eigenvalue weighted by Crippen LogP contribution is -2.42. The van der Waals surface area contributed by atoms with Crippen LogP contribution in [0, 0.1) is 0 Å². The van der Waals surface area contributed by atoms with E-state index in [1.165, 1.54) is 18.4 Å². The molecule has 0 spiro atoms. The van der Waals surface area contributed by atoms with Crippen LogP contribution < -0.4 is 0 Å². The standard InChI is InChI=1S/C14H21NO/c16-12-14-8-4-5-10-15(14)11-9-13-6-2-1-3-7-13/h1-3,6-7,14,16H,4-5,8-12H2/t14-/m1/s1. The zero-order valence-corrected chi connectivity index (χ0v) is 9.81. The van der Waals surface area contributed by atoms with Crippen molar-refractivity contribution in [3.63, 3.8) is 0 Å². The Kier molecular flexibility index (Phi) is 4.37. The molecule has 2 nitrogen and oxygen atoms in total. The lowest BCUT2D eigenvalue weighted by atomic mass is 10.0. The summed E-state index contributed by atoms with van der Waals surface area (Å²) in [7, 11) is 0. The SMILES string of the molecule is OC[C@H]1CCCCN1CCc1ccccc1. The van der Waals surface area contributed by atoms with E-state index in [1.54, 1.807) is 0 Å². The number of piperidine rings is 1. The van der Waals surface area contributed by atoms with E-state index in [2.05, 4.69) is 35.2 Å². The zero-order chi connectivity index (χ0) is 11.2. The van der Waals surface area contributed by atoms with Crippen LogP contribution in [0.15, 0.2) is 30.3 Å². The van der Waals surface area contributed by atoms with E-state index in [0.717, 1.165) is 25.9 Å². The van der Waals surface area contributed by atoms with Gasteiger partial charge in [0.15, 0.2) is 0 Å². The normalized spacial score (nSPS) is 22.2. The summed E-state index contributed by atoms with van der Waals surface area (Å²) in [6.07, 6.45) is 4.81. The van der Waals surface area contributed by atoms with Gasteiger partial charge >= 0.3 is 0 Å². The molecule has 0 aliphatic carbocycles. The summed E-state index contributed by atoms with van der Waals surface area (Å²) in [6, 6.07) is 11.0. The maximum absolute atomic E-state index is 9.32. The zero-order valence-electron chi connectivity index (χ0n) is 9.81. The molecule has 0 bridgehead atoms. The van der Waals surface area contributed by atoms with Crippen LogP contribution in [0.4, 0.5) is 0 Å². The quantitative estimate of drug-likeness (QED) is 0.838. The van der Waals surface area contributed by atoms with E-state index in [9.17, 15) is 5.11 Å². The molecule has 0 unspecified atom stereocenters. The Balaban J connectivity index is 1.84. The summed E-state index contributed by atoms with van der Waals surface area (Å²) in [5.74, 6) is 0. The predicted octanol–water partition coefficient (Wildman–Crippen LogP) is 2.08. The third-order valence-corrected chi connectivity index (χ3v) is 3.49. The number of rotatable bonds is 4. The first-order chi connectivity index (χ1) is 7.90. The second-order valence-corrected chi connectivity index (χ2v) is 4.60. The molecule has 88 valence electrons. The molecule has 1 aromatic rings. The molecule has 1 fully saturated rings. The largest absolute Gasteiger partial charge is 0.395 e. The molecule has 0 saturated carbocycles. The molecule has 1 heterocycles. The Morgan fingerprint density at radius 2 is 2.00 bits per heavy atom. The van der Waals surface area contributed by atoms with Gasteiger partial charge in [0, 0.05) is 12.6 Å². The van der Waals surface area contributed by atoms with E-state index >= 15 is 0 Å². The van der Waals surface area contributed by atoms with Gasteiger partial charge in [0.1, 0.15) is 0 Å². The molecule has 0 aromatic heterocycles. The van der Waals surface area contributed by atoms with Gasteiger partial charge in [-0.25, -0.2) is 0 Å². The summed E-state index contributed by atoms with van der Waals surface area (Å²) in [5.41, 5.74) is 1.39. The topological polar surface area (TPSA) is 23.5 Å². The Morgan fingerprint density at radius 1 is 1.19 bits per heavy atom. The maximum atomic E-state index is 9.32. The molecule has 1 aliphatic heterocycles. The van der Waals surface area contributed by atoms with Gasteiger partial charge in [0.05, 0.1) is 6.61 Å². The predicted molar refractivity (Wildman–Crippen MR) is 66.4 cm³/mol. The summed E-state index contributed by atoms with van der Waals surface area (Å²) in [5, 5.41) is 9.32. The highest BCUT2D eigenvalue weighted by atomic mass is 16.3. The number of hydrogen-bond donors (Lipinski definition) is 1. The van der Waals surface area contributed by atoms with Crippen LogP contribution in [0.25, 0.3) is 0 Å². The molecular weight excluding hydrogens is 198 g/mol. The number of hydrogen-bond acceptors (Lipinski definition) is 2. The Bertz CT molecular complexity index is 299. The lowest BCUT2D eigenvalue weighted by Gasteiger charge is -2.34. The number of benzene rings is 1. The van der Waals surface area contributed by atoms with Crippen molar-refractivity contribution in [2.24, 2.45) is 0 Å². The highest BCUT2D eigenvalue weighted by molar-refractivity contribution is 5.14. The van der Waals surface area contributed by atoms with Crippen LogP contribution >= 0.6 is 0 Å². The Hall–Kier alpha value is -0.860. The van der Waals surface area contributed by atoms with E-state index in [4.69, 9.17) is 0 Å². The van der Waals surface area contributed by atoms with Crippen LogP contribution in [-0.4, -0.2) is 35.7 Å². The summed E-state index contributed by atoms with van der Waals surface area (Å²) >= 11 is 0. The minimum atomic E-state index is 0.314. The number of aliphatic hydroxyl groups excluding tert-OH is 1. The maximum Gasteiger partial charge on any atom is 0.0586 e. The van der Waals surface area contributed by atoms with Gasteiger partial charge in [-0.1, -0.05) is 36.8 Å². The molecule has 0 radical (unpaired) electrons. The van der Waals surface area contributed by atoms with E-state index in [-0.39, 0.29) is 0 Å². The van der Waals surface area contributed by atoms with Crippen molar-refractivity contribution in [3.8, 4) is 0 Å². The molecule has 2 heteroatoms. The van der Waals surface area contributed by atoms with Gasteiger partial charge in [-0.05, 0) is 31.4 Å². The molecule has 2 rings (SSSR count). The van der Waals surface area contributed by atoms with E-state index in [1.807, 2.05) is 0 Å². The average molecular weight is 219 g/mol. The molecule has 1 aromatic carbocycles. The molecule has 1 aliphatic rings. The first kappa shape index (κ1) is 11.6. The molecular formula is C14H21NO. The van der Waals surface area contributed by atoms with Crippen LogP contribution in [-0.2, 0) is 6.42 Å². The first-order valence-electron chi connectivity index (χ1n) is 6.29. The van der Waals surface area contributed by atoms with Crippen molar-refractivity contribution in [2.45, 2.75) is 31.7 Å². The third-order valence-electron chi connectivity index (χ3n) is 3.49. The summed E-state index contributed by atoms with van der Waals surface area (Å²) in [6.45, 7) is 2.54. The van der Waals surface area contributed by atoms with Gasteiger partial charge in [-0.3, -0.25) is 4.90 Å². The van der Waals surface area contributed by atoms with Crippen LogP contribution in [0.2, 0.25) is 0 Å². The van der Waals surface area contributed by atoms with Crippen molar-refractivity contribution >= 4 is 0 Å². The van der Waals surface area contributed by atoms with Crippen molar-refractivity contribution in [2.75, 3.05) is 19.7 Å². The smallest absolute Gasteiger partial charge is 0.0586 e. The van der Waals surface area contributed by atoms with Crippen molar-refractivity contribution in [3.05, 3.63) is 35.9 Å². The Labute approximate surface area is 97.9 Å². The van der Waals surface area contributed by atoms with E-state index < -0.39 is 0 Å². The monoisotopic (exact) mass is 219 g/mol. The average Bonchev–Trinajstić information content (AvgIpc) is 2.38. The van der Waals surface area contributed by atoms with Gasteiger partial charge in [-0.2, -0.15) is 0 Å².